The van der Waals surface area contributed by atoms with Crippen LogP contribution in [-0.4, -0.2) is 49.3 Å². The molecule has 0 saturated carbocycles. The van der Waals surface area contributed by atoms with Crippen LogP contribution >= 0.6 is 0 Å². The van der Waals surface area contributed by atoms with Crippen molar-refractivity contribution in [3.8, 4) is 17.6 Å². The minimum atomic E-state index is -0.152. The molecule has 112 valence electrons. The Hall–Kier alpha value is -2.03. The third-order valence-corrected chi connectivity index (χ3v) is 3.39. The zero-order valence-corrected chi connectivity index (χ0v) is 12.2. The van der Waals surface area contributed by atoms with Gasteiger partial charge in [0.25, 0.3) is 0 Å². The number of hydrogen-bond donors (Lipinski definition) is 2. The molecule has 5 heteroatoms. The molecule has 1 heterocycles. The molecule has 0 bridgehead atoms. The Labute approximate surface area is 124 Å². The maximum absolute atomic E-state index is 11.4. The first-order valence-corrected chi connectivity index (χ1v) is 6.98. The minimum absolute atomic E-state index is 0.104. The molecule has 1 aliphatic rings. The normalized spacial score (nSPS) is 15.6. The summed E-state index contributed by atoms with van der Waals surface area (Å²) in [4.78, 5) is 13.6. The summed E-state index contributed by atoms with van der Waals surface area (Å²) >= 11 is 0. The Morgan fingerprint density at radius 3 is 3.05 bits per heavy atom. The number of benzene rings is 1. The van der Waals surface area contributed by atoms with Gasteiger partial charge >= 0.3 is 0 Å². The fraction of sp³-hybridized carbons (Fsp3) is 0.438. The number of nitrogens with one attached hydrogen (secondary N) is 1. The van der Waals surface area contributed by atoms with Crippen LogP contribution in [0.1, 0.15) is 17.5 Å². The first-order chi connectivity index (χ1) is 10.2. The van der Waals surface area contributed by atoms with Gasteiger partial charge in [0.2, 0.25) is 5.91 Å². The molecule has 0 aromatic heterocycles. The highest BCUT2D eigenvalue weighted by molar-refractivity contribution is 5.76. The molecule has 1 saturated heterocycles. The van der Waals surface area contributed by atoms with E-state index in [9.17, 15) is 4.79 Å². The molecule has 0 unspecified atom stereocenters. The Morgan fingerprint density at radius 1 is 1.43 bits per heavy atom. The van der Waals surface area contributed by atoms with Crippen molar-refractivity contribution in [2.24, 2.45) is 0 Å². The molecule has 21 heavy (non-hydrogen) atoms. The summed E-state index contributed by atoms with van der Waals surface area (Å²) in [5, 5.41) is 11.6. The van der Waals surface area contributed by atoms with E-state index in [0.717, 1.165) is 30.0 Å². The van der Waals surface area contributed by atoms with Crippen molar-refractivity contribution in [2.75, 3.05) is 33.4 Å². The van der Waals surface area contributed by atoms with E-state index < -0.39 is 0 Å². The zero-order chi connectivity index (χ0) is 15.1. The van der Waals surface area contributed by atoms with Gasteiger partial charge in [-0.1, -0.05) is 11.8 Å². The maximum atomic E-state index is 11.4. The van der Waals surface area contributed by atoms with Crippen LogP contribution in [0.4, 0.5) is 0 Å². The largest absolute Gasteiger partial charge is 0.496 e. The predicted octanol–water partition coefficient (Wildman–Crippen LogP) is 0.361. The summed E-state index contributed by atoms with van der Waals surface area (Å²) in [6, 6.07) is 5.73. The average Bonchev–Trinajstić information content (AvgIpc) is 2.70. The van der Waals surface area contributed by atoms with Crippen LogP contribution in [0.15, 0.2) is 18.2 Å². The van der Waals surface area contributed by atoms with Crippen LogP contribution in [0.5, 0.6) is 5.75 Å². The van der Waals surface area contributed by atoms with Gasteiger partial charge in [0.05, 0.1) is 7.11 Å². The Morgan fingerprint density at radius 2 is 2.29 bits per heavy atom. The molecule has 1 fully saturated rings. The highest BCUT2D eigenvalue weighted by atomic mass is 16.5. The van der Waals surface area contributed by atoms with Gasteiger partial charge in [0, 0.05) is 43.7 Å². The molecule has 0 spiro atoms. The molecule has 2 rings (SSSR count). The quantitative estimate of drug-likeness (QED) is 0.789. The van der Waals surface area contributed by atoms with E-state index in [1.54, 1.807) is 7.11 Å². The number of carbonyl (C=O) groups is 1. The highest BCUT2D eigenvalue weighted by Crippen LogP contribution is 2.21. The lowest BCUT2D eigenvalue weighted by Gasteiger charge is -2.20. The van der Waals surface area contributed by atoms with E-state index in [2.05, 4.69) is 22.1 Å². The molecule has 0 aliphatic carbocycles. The van der Waals surface area contributed by atoms with E-state index in [4.69, 9.17) is 9.84 Å². The average molecular weight is 288 g/mol. The molecule has 1 aromatic rings. The van der Waals surface area contributed by atoms with Crippen LogP contribution in [-0.2, 0) is 11.3 Å². The van der Waals surface area contributed by atoms with E-state index in [1.807, 2.05) is 18.2 Å². The fourth-order valence-corrected chi connectivity index (χ4v) is 2.33. The fourth-order valence-electron chi connectivity index (χ4n) is 2.33. The van der Waals surface area contributed by atoms with Gasteiger partial charge in [-0.2, -0.15) is 0 Å². The second-order valence-corrected chi connectivity index (χ2v) is 4.86. The van der Waals surface area contributed by atoms with Crippen molar-refractivity contribution >= 4 is 5.91 Å². The highest BCUT2D eigenvalue weighted by Gasteiger charge is 2.15. The number of carbonyl (C=O) groups excluding carboxylic acids is 1. The van der Waals surface area contributed by atoms with Crippen molar-refractivity contribution in [3.05, 3.63) is 29.3 Å². The molecule has 0 atom stereocenters. The lowest BCUT2D eigenvalue weighted by atomic mass is 10.1. The van der Waals surface area contributed by atoms with Gasteiger partial charge in [0.1, 0.15) is 12.4 Å². The van der Waals surface area contributed by atoms with Crippen molar-refractivity contribution in [2.45, 2.75) is 13.0 Å². The van der Waals surface area contributed by atoms with Gasteiger partial charge in [-0.3, -0.25) is 9.69 Å². The van der Waals surface area contributed by atoms with Crippen molar-refractivity contribution in [1.82, 2.24) is 10.2 Å². The maximum Gasteiger partial charge on any atom is 0.221 e. The number of methoxy groups -OCH3 is 1. The van der Waals surface area contributed by atoms with Crippen LogP contribution in [0.25, 0.3) is 0 Å². The van der Waals surface area contributed by atoms with E-state index in [1.165, 1.54) is 0 Å². The van der Waals surface area contributed by atoms with Crippen LogP contribution in [0.2, 0.25) is 0 Å². The number of amides is 1. The first-order valence-electron chi connectivity index (χ1n) is 6.98. The van der Waals surface area contributed by atoms with Gasteiger partial charge in [0.15, 0.2) is 0 Å². The topological polar surface area (TPSA) is 61.8 Å². The summed E-state index contributed by atoms with van der Waals surface area (Å²) < 4.78 is 5.39. The molecule has 1 aliphatic heterocycles. The minimum Gasteiger partial charge on any atom is -0.496 e. The third kappa shape index (κ3) is 4.48. The number of nitrogens with zero attached hydrogens (tertiary/aromatic N) is 1. The molecule has 2 N–H and O–H groups in total. The van der Waals surface area contributed by atoms with Crippen molar-refractivity contribution in [3.63, 3.8) is 0 Å². The summed E-state index contributed by atoms with van der Waals surface area (Å²) in [6.07, 6.45) is 0.520. The van der Waals surface area contributed by atoms with E-state index >= 15 is 0 Å². The summed E-state index contributed by atoms with van der Waals surface area (Å²) in [6.45, 7) is 2.79. The van der Waals surface area contributed by atoms with Crippen LogP contribution < -0.4 is 10.1 Å². The smallest absolute Gasteiger partial charge is 0.221 e. The number of hydrogen-bond acceptors (Lipinski definition) is 4. The monoisotopic (exact) mass is 288 g/mol. The lowest BCUT2D eigenvalue weighted by Crippen LogP contribution is -2.28. The summed E-state index contributed by atoms with van der Waals surface area (Å²) in [5.41, 5.74) is 1.89. The van der Waals surface area contributed by atoms with E-state index in [-0.39, 0.29) is 12.5 Å². The molecule has 5 nitrogen and oxygen atoms in total. The van der Waals surface area contributed by atoms with Crippen molar-refractivity contribution in [1.29, 1.82) is 0 Å². The zero-order valence-electron chi connectivity index (χ0n) is 12.2. The number of aliphatic hydroxyl groups excluding tert-OH is 1. The Kier molecular flexibility index (Phi) is 5.61. The lowest BCUT2D eigenvalue weighted by molar-refractivity contribution is -0.120. The second kappa shape index (κ2) is 7.67. The van der Waals surface area contributed by atoms with Gasteiger partial charge in [-0.25, -0.2) is 0 Å². The van der Waals surface area contributed by atoms with Gasteiger partial charge in [-0.15, -0.1) is 0 Å². The molecule has 1 aromatic carbocycles. The number of ether oxygens (including phenoxy) is 1. The standard InChI is InChI=1S/C16H20N2O3/c1-21-15-5-4-13(3-2-10-19)11-14(15)12-18-8-6-16(20)17-7-9-18/h4-5,11,19H,6-10,12H2,1H3,(H,17,20). The summed E-state index contributed by atoms with van der Waals surface area (Å²) in [7, 11) is 1.64. The molecular weight excluding hydrogens is 268 g/mol. The van der Waals surface area contributed by atoms with Gasteiger partial charge in [-0.05, 0) is 18.2 Å². The number of rotatable bonds is 3. The SMILES string of the molecule is COc1ccc(C#CCO)cc1CN1CCNC(=O)CC1. The van der Waals surface area contributed by atoms with Crippen LogP contribution in [0.3, 0.4) is 0 Å². The second-order valence-electron chi connectivity index (χ2n) is 4.86. The molecule has 0 radical (unpaired) electrons. The first kappa shape index (κ1) is 15.4. The predicted molar refractivity (Wildman–Crippen MR) is 79.9 cm³/mol. The van der Waals surface area contributed by atoms with Crippen LogP contribution in [0, 0.1) is 11.8 Å². The molecular formula is C16H20N2O3. The van der Waals surface area contributed by atoms with Crippen molar-refractivity contribution < 1.29 is 14.6 Å². The number of aliphatic hydroxyl groups is 1. The Bertz CT molecular complexity index is 560. The summed E-state index contributed by atoms with van der Waals surface area (Å²) in [5.74, 6) is 6.46. The third-order valence-electron chi connectivity index (χ3n) is 3.39. The van der Waals surface area contributed by atoms with E-state index in [0.29, 0.717) is 19.5 Å². The Balaban J connectivity index is 2.14. The molecule has 1 amide bonds. The van der Waals surface area contributed by atoms with Gasteiger partial charge < -0.3 is 15.2 Å².